The summed E-state index contributed by atoms with van der Waals surface area (Å²) >= 11 is 0. The highest BCUT2D eigenvalue weighted by Gasteiger charge is 2.62. The lowest BCUT2D eigenvalue weighted by Gasteiger charge is -2.22. The molecule has 1 aromatic rings. The summed E-state index contributed by atoms with van der Waals surface area (Å²) in [6, 6.07) is 7.53. The Labute approximate surface area is 80.7 Å². The van der Waals surface area contributed by atoms with E-state index in [1.807, 2.05) is 0 Å². The van der Waals surface area contributed by atoms with E-state index in [9.17, 15) is 13.6 Å². The van der Waals surface area contributed by atoms with E-state index in [4.69, 9.17) is 0 Å². The molecule has 0 atom stereocenters. The molecule has 1 fully saturated rings. The highest BCUT2D eigenvalue weighted by atomic mass is 19.3. The fourth-order valence-electron chi connectivity index (χ4n) is 1.58. The maximum absolute atomic E-state index is 13.8. The van der Waals surface area contributed by atoms with Gasteiger partial charge in [-0.2, -0.15) is 0 Å². The van der Waals surface area contributed by atoms with E-state index in [0.717, 1.165) is 0 Å². The summed E-state index contributed by atoms with van der Waals surface area (Å²) in [5.41, 5.74) is -1.49. The summed E-state index contributed by atoms with van der Waals surface area (Å²) in [5, 5.41) is 0. The first-order chi connectivity index (χ1) is 6.62. The van der Waals surface area contributed by atoms with Crippen LogP contribution in [0.5, 0.6) is 0 Å². The summed E-state index contributed by atoms with van der Waals surface area (Å²) in [6.07, 6.45) is 0.983. The highest BCUT2D eigenvalue weighted by Crippen LogP contribution is 2.59. The molecule has 3 heteroatoms. The van der Waals surface area contributed by atoms with Crippen molar-refractivity contribution < 1.29 is 13.6 Å². The van der Waals surface area contributed by atoms with Gasteiger partial charge in [0.2, 0.25) is 0 Å². The first kappa shape index (κ1) is 9.31. The third-order valence-electron chi connectivity index (χ3n) is 2.78. The van der Waals surface area contributed by atoms with Crippen LogP contribution in [0.2, 0.25) is 0 Å². The molecule has 74 valence electrons. The molecule has 0 saturated heterocycles. The first-order valence-corrected chi connectivity index (χ1v) is 4.52. The van der Waals surface area contributed by atoms with Gasteiger partial charge in [-0.1, -0.05) is 30.3 Å². The smallest absolute Gasteiger partial charge is 0.285 e. The van der Waals surface area contributed by atoms with Gasteiger partial charge in [0, 0.05) is 5.56 Å². The first-order valence-electron chi connectivity index (χ1n) is 4.52. The minimum atomic E-state index is -3.02. The number of halogens is 2. The van der Waals surface area contributed by atoms with E-state index in [2.05, 4.69) is 0 Å². The summed E-state index contributed by atoms with van der Waals surface area (Å²) in [6.45, 7) is 0. The number of carbonyl (C=O) groups is 1. The van der Waals surface area contributed by atoms with Crippen molar-refractivity contribution in [1.29, 1.82) is 0 Å². The lowest BCUT2D eigenvalue weighted by atomic mass is 9.93. The third-order valence-corrected chi connectivity index (χ3v) is 2.78. The van der Waals surface area contributed by atoms with Crippen LogP contribution < -0.4 is 0 Å². The van der Waals surface area contributed by atoms with E-state index >= 15 is 0 Å². The Balaban J connectivity index is 2.38. The number of rotatable bonds is 3. The van der Waals surface area contributed by atoms with Crippen LogP contribution in [-0.2, 0) is 10.7 Å². The molecule has 0 unspecified atom stereocenters. The van der Waals surface area contributed by atoms with Crippen molar-refractivity contribution in [1.82, 2.24) is 0 Å². The lowest BCUT2D eigenvalue weighted by molar-refractivity contribution is -0.131. The van der Waals surface area contributed by atoms with Crippen LogP contribution in [0, 0.1) is 5.41 Å². The van der Waals surface area contributed by atoms with E-state index < -0.39 is 11.3 Å². The van der Waals surface area contributed by atoms with Gasteiger partial charge >= 0.3 is 0 Å². The second-order valence-electron chi connectivity index (χ2n) is 3.71. The number of hydrogen-bond donors (Lipinski definition) is 0. The van der Waals surface area contributed by atoms with Gasteiger partial charge in [0.1, 0.15) is 6.29 Å². The fraction of sp³-hybridized carbons (Fsp3) is 0.364. The zero-order valence-corrected chi connectivity index (χ0v) is 7.54. The molecule has 0 spiro atoms. The molecule has 0 radical (unpaired) electrons. The highest BCUT2D eigenvalue weighted by molar-refractivity contribution is 5.66. The van der Waals surface area contributed by atoms with Crippen LogP contribution in [0.3, 0.4) is 0 Å². The summed E-state index contributed by atoms with van der Waals surface area (Å²) in [4.78, 5) is 10.6. The molecular formula is C11H10F2O. The molecule has 2 rings (SSSR count). The summed E-state index contributed by atoms with van der Waals surface area (Å²) in [7, 11) is 0. The second kappa shape index (κ2) is 2.87. The van der Waals surface area contributed by atoms with Gasteiger partial charge < -0.3 is 4.79 Å². The fourth-order valence-corrected chi connectivity index (χ4v) is 1.58. The Morgan fingerprint density at radius 3 is 2.21 bits per heavy atom. The summed E-state index contributed by atoms with van der Waals surface area (Å²) in [5.74, 6) is -3.02. The topological polar surface area (TPSA) is 17.1 Å². The Hall–Kier alpha value is -1.25. The monoisotopic (exact) mass is 196 g/mol. The van der Waals surface area contributed by atoms with Gasteiger partial charge in [0.15, 0.2) is 0 Å². The maximum atomic E-state index is 13.8. The van der Waals surface area contributed by atoms with Gasteiger partial charge in [-0.05, 0) is 12.8 Å². The van der Waals surface area contributed by atoms with E-state index in [1.54, 1.807) is 18.2 Å². The van der Waals surface area contributed by atoms with Crippen molar-refractivity contribution >= 4 is 6.29 Å². The second-order valence-corrected chi connectivity index (χ2v) is 3.71. The quantitative estimate of drug-likeness (QED) is 0.679. The molecule has 0 aromatic heterocycles. The van der Waals surface area contributed by atoms with Gasteiger partial charge in [0.05, 0.1) is 5.41 Å². The van der Waals surface area contributed by atoms with Crippen LogP contribution in [0.1, 0.15) is 18.4 Å². The van der Waals surface area contributed by atoms with Gasteiger partial charge in [-0.15, -0.1) is 0 Å². The Morgan fingerprint density at radius 1 is 1.21 bits per heavy atom. The molecule has 1 nitrogen and oxygen atoms in total. The molecule has 0 N–H and O–H groups in total. The average molecular weight is 196 g/mol. The minimum Gasteiger partial charge on any atom is -0.303 e. The van der Waals surface area contributed by atoms with Gasteiger partial charge in [0.25, 0.3) is 5.92 Å². The van der Waals surface area contributed by atoms with Gasteiger partial charge in [-0.25, -0.2) is 8.78 Å². The maximum Gasteiger partial charge on any atom is 0.285 e. The van der Waals surface area contributed by atoms with Crippen LogP contribution in [0.25, 0.3) is 0 Å². The SMILES string of the molecule is O=CC1(C(F)(F)c2ccccc2)CC1. The number of carbonyl (C=O) groups excluding carboxylic acids is 1. The van der Waals surface area contributed by atoms with Crippen molar-refractivity contribution in [3.05, 3.63) is 35.9 Å². The van der Waals surface area contributed by atoms with Gasteiger partial charge in [-0.3, -0.25) is 0 Å². The Bertz CT molecular complexity index is 342. The molecule has 0 bridgehead atoms. The van der Waals surface area contributed by atoms with E-state index in [-0.39, 0.29) is 5.56 Å². The van der Waals surface area contributed by atoms with Crippen molar-refractivity contribution in [2.45, 2.75) is 18.8 Å². The molecule has 1 aromatic carbocycles. The van der Waals surface area contributed by atoms with Crippen LogP contribution in [-0.4, -0.2) is 6.29 Å². The van der Waals surface area contributed by atoms with Crippen LogP contribution in [0.4, 0.5) is 8.78 Å². The van der Waals surface area contributed by atoms with Crippen LogP contribution in [0.15, 0.2) is 30.3 Å². The molecular weight excluding hydrogens is 186 g/mol. The summed E-state index contributed by atoms with van der Waals surface area (Å²) < 4.78 is 27.5. The van der Waals surface area contributed by atoms with Crippen molar-refractivity contribution in [2.24, 2.45) is 5.41 Å². The number of aldehydes is 1. The van der Waals surface area contributed by atoms with Crippen molar-refractivity contribution in [3.8, 4) is 0 Å². The molecule has 1 aliphatic carbocycles. The van der Waals surface area contributed by atoms with Crippen LogP contribution >= 0.6 is 0 Å². The lowest BCUT2D eigenvalue weighted by Crippen LogP contribution is -2.28. The third kappa shape index (κ3) is 1.15. The number of hydrogen-bond acceptors (Lipinski definition) is 1. The Morgan fingerprint density at radius 2 is 1.79 bits per heavy atom. The zero-order valence-electron chi connectivity index (χ0n) is 7.54. The molecule has 14 heavy (non-hydrogen) atoms. The number of alkyl halides is 2. The molecule has 0 heterocycles. The minimum absolute atomic E-state index is 0.0652. The molecule has 1 saturated carbocycles. The standard InChI is InChI=1S/C11H10F2O/c12-11(13,10(8-14)6-7-10)9-4-2-1-3-5-9/h1-5,8H,6-7H2. The molecule has 0 aliphatic heterocycles. The number of benzene rings is 1. The predicted octanol–water partition coefficient (Wildman–Crippen LogP) is 2.76. The van der Waals surface area contributed by atoms with E-state index in [0.29, 0.717) is 19.1 Å². The predicted molar refractivity (Wildman–Crippen MR) is 48.1 cm³/mol. The zero-order chi connectivity index (χ0) is 10.2. The average Bonchev–Trinajstić information content (AvgIpc) is 3.00. The van der Waals surface area contributed by atoms with E-state index in [1.165, 1.54) is 12.1 Å². The largest absolute Gasteiger partial charge is 0.303 e. The molecule has 0 amide bonds. The van der Waals surface area contributed by atoms with Crippen molar-refractivity contribution in [2.75, 3.05) is 0 Å². The normalized spacial score (nSPS) is 19.0. The van der Waals surface area contributed by atoms with Crippen molar-refractivity contribution in [3.63, 3.8) is 0 Å². The molecule has 1 aliphatic rings. The Kier molecular flexibility index (Phi) is 1.91.